The molecule has 1 aromatic carbocycles. The topological polar surface area (TPSA) is 71.3 Å². The van der Waals surface area contributed by atoms with Gasteiger partial charge in [-0.2, -0.15) is 0 Å². The van der Waals surface area contributed by atoms with Gasteiger partial charge in [-0.3, -0.25) is 9.59 Å². The molecule has 2 rings (SSSR count). The molecule has 2 aromatic rings. The highest BCUT2D eigenvalue weighted by Crippen LogP contribution is 2.15. The van der Waals surface area contributed by atoms with Gasteiger partial charge in [0.2, 0.25) is 5.91 Å². The minimum absolute atomic E-state index is 0.0480. The number of amides is 1. The molecule has 20 heavy (non-hydrogen) atoms. The number of para-hydroxylation sites is 1. The van der Waals surface area contributed by atoms with E-state index >= 15 is 0 Å². The third-order valence-corrected chi connectivity index (χ3v) is 3.15. The van der Waals surface area contributed by atoms with Gasteiger partial charge in [-0.05, 0) is 23.9 Å². The Morgan fingerprint density at radius 3 is 2.75 bits per heavy atom. The summed E-state index contributed by atoms with van der Waals surface area (Å²) < 4.78 is 2.05. The van der Waals surface area contributed by atoms with Crippen molar-refractivity contribution in [2.45, 2.75) is 25.8 Å². The molecule has 1 amide bonds. The number of carboxylic acids is 1. The predicted octanol–water partition coefficient (Wildman–Crippen LogP) is 2.01. The molecule has 0 saturated carbocycles. The van der Waals surface area contributed by atoms with Crippen molar-refractivity contribution in [3.63, 3.8) is 0 Å². The van der Waals surface area contributed by atoms with Gasteiger partial charge in [0.1, 0.15) is 0 Å². The highest BCUT2D eigenvalue weighted by Gasteiger charge is 2.04. The standard InChI is InChI=1S/C15H18N2O3/c18-14(16-9-3-6-15(19)20)8-11-17-10-7-12-4-1-2-5-13(12)17/h1-2,4-5,7,10H,3,6,8-9,11H2,(H,16,18)(H,19,20). The second-order valence-corrected chi connectivity index (χ2v) is 4.67. The number of nitrogens with one attached hydrogen (secondary N) is 1. The van der Waals surface area contributed by atoms with Crippen LogP contribution in [0.25, 0.3) is 10.9 Å². The Hall–Kier alpha value is -2.30. The second kappa shape index (κ2) is 6.75. The molecule has 1 heterocycles. The van der Waals surface area contributed by atoms with E-state index in [1.54, 1.807) is 0 Å². The summed E-state index contributed by atoms with van der Waals surface area (Å²) in [6, 6.07) is 10.1. The highest BCUT2D eigenvalue weighted by molar-refractivity contribution is 5.80. The van der Waals surface area contributed by atoms with E-state index in [1.165, 1.54) is 0 Å². The van der Waals surface area contributed by atoms with Crippen LogP contribution in [0, 0.1) is 0 Å². The van der Waals surface area contributed by atoms with E-state index in [9.17, 15) is 9.59 Å². The second-order valence-electron chi connectivity index (χ2n) is 4.67. The molecule has 0 fully saturated rings. The van der Waals surface area contributed by atoms with Crippen LogP contribution in [0.1, 0.15) is 19.3 Å². The SMILES string of the molecule is O=C(O)CCCNC(=O)CCn1ccc2ccccc21. The average Bonchev–Trinajstić information content (AvgIpc) is 2.84. The molecule has 0 aliphatic carbocycles. The van der Waals surface area contributed by atoms with E-state index in [0.29, 0.717) is 25.9 Å². The molecule has 0 unspecified atom stereocenters. The Kier molecular flexibility index (Phi) is 4.76. The van der Waals surface area contributed by atoms with E-state index in [1.807, 2.05) is 41.1 Å². The van der Waals surface area contributed by atoms with Crippen LogP contribution in [0.5, 0.6) is 0 Å². The van der Waals surface area contributed by atoms with E-state index in [0.717, 1.165) is 10.9 Å². The summed E-state index contributed by atoms with van der Waals surface area (Å²) in [7, 11) is 0. The van der Waals surface area contributed by atoms with E-state index < -0.39 is 5.97 Å². The van der Waals surface area contributed by atoms with Gasteiger partial charge >= 0.3 is 5.97 Å². The number of benzene rings is 1. The van der Waals surface area contributed by atoms with Crippen molar-refractivity contribution in [3.05, 3.63) is 36.5 Å². The Bertz CT molecular complexity index is 604. The zero-order chi connectivity index (χ0) is 14.4. The minimum Gasteiger partial charge on any atom is -0.481 e. The normalized spacial score (nSPS) is 10.6. The molecular weight excluding hydrogens is 256 g/mol. The molecule has 0 saturated heterocycles. The number of fused-ring (bicyclic) bond motifs is 1. The number of carbonyl (C=O) groups is 2. The Morgan fingerprint density at radius 2 is 1.95 bits per heavy atom. The van der Waals surface area contributed by atoms with Crippen molar-refractivity contribution in [1.82, 2.24) is 9.88 Å². The molecule has 0 aliphatic rings. The van der Waals surface area contributed by atoms with Crippen LogP contribution in [-0.4, -0.2) is 28.1 Å². The van der Waals surface area contributed by atoms with Gasteiger partial charge in [0.05, 0.1) is 0 Å². The van der Waals surface area contributed by atoms with E-state index in [-0.39, 0.29) is 12.3 Å². The summed E-state index contributed by atoms with van der Waals surface area (Å²) >= 11 is 0. The van der Waals surface area contributed by atoms with Crippen molar-refractivity contribution >= 4 is 22.8 Å². The van der Waals surface area contributed by atoms with Crippen molar-refractivity contribution in [2.75, 3.05) is 6.54 Å². The maximum absolute atomic E-state index is 11.6. The third kappa shape index (κ3) is 3.85. The van der Waals surface area contributed by atoms with Crippen LogP contribution < -0.4 is 5.32 Å². The van der Waals surface area contributed by atoms with Crippen LogP contribution >= 0.6 is 0 Å². The van der Waals surface area contributed by atoms with Gasteiger partial charge in [-0.1, -0.05) is 18.2 Å². The minimum atomic E-state index is -0.835. The van der Waals surface area contributed by atoms with Gasteiger partial charge in [0.15, 0.2) is 0 Å². The molecule has 0 radical (unpaired) electrons. The molecule has 0 atom stereocenters. The molecular formula is C15H18N2O3. The third-order valence-electron chi connectivity index (χ3n) is 3.15. The maximum Gasteiger partial charge on any atom is 0.303 e. The summed E-state index contributed by atoms with van der Waals surface area (Å²) in [6.07, 6.45) is 2.92. The molecule has 0 spiro atoms. The number of carboxylic acid groups (broad SMARTS) is 1. The van der Waals surface area contributed by atoms with Crippen LogP contribution in [0.4, 0.5) is 0 Å². The zero-order valence-electron chi connectivity index (χ0n) is 11.2. The summed E-state index contributed by atoms with van der Waals surface area (Å²) in [4.78, 5) is 22.0. The Labute approximate surface area is 117 Å². The van der Waals surface area contributed by atoms with Crippen LogP contribution in [0.3, 0.4) is 0 Å². The quantitative estimate of drug-likeness (QED) is 0.759. The predicted molar refractivity (Wildman–Crippen MR) is 76.4 cm³/mol. The first kappa shape index (κ1) is 14.1. The lowest BCUT2D eigenvalue weighted by molar-refractivity contribution is -0.137. The summed E-state index contributed by atoms with van der Waals surface area (Å²) in [5, 5.41) is 12.4. The van der Waals surface area contributed by atoms with Crippen molar-refractivity contribution < 1.29 is 14.7 Å². The molecule has 0 aliphatic heterocycles. The first-order valence-electron chi connectivity index (χ1n) is 6.69. The Morgan fingerprint density at radius 1 is 1.15 bits per heavy atom. The highest BCUT2D eigenvalue weighted by atomic mass is 16.4. The lowest BCUT2D eigenvalue weighted by Crippen LogP contribution is -2.25. The molecule has 5 heteroatoms. The van der Waals surface area contributed by atoms with Crippen LogP contribution in [-0.2, 0) is 16.1 Å². The number of aryl methyl sites for hydroxylation is 1. The largest absolute Gasteiger partial charge is 0.481 e. The van der Waals surface area contributed by atoms with E-state index in [2.05, 4.69) is 5.32 Å². The Balaban J connectivity index is 1.77. The number of hydrogen-bond donors (Lipinski definition) is 2. The van der Waals surface area contributed by atoms with Gasteiger partial charge < -0.3 is 15.0 Å². The van der Waals surface area contributed by atoms with Gasteiger partial charge in [0.25, 0.3) is 0 Å². The summed E-state index contributed by atoms with van der Waals surface area (Å²) in [5.74, 6) is -0.883. The lowest BCUT2D eigenvalue weighted by Gasteiger charge is -2.06. The fourth-order valence-electron chi connectivity index (χ4n) is 2.11. The molecule has 2 N–H and O–H groups in total. The summed E-state index contributed by atoms with van der Waals surface area (Å²) in [6.45, 7) is 1.04. The molecule has 1 aromatic heterocycles. The van der Waals surface area contributed by atoms with Crippen LogP contribution in [0.15, 0.2) is 36.5 Å². The monoisotopic (exact) mass is 274 g/mol. The van der Waals surface area contributed by atoms with E-state index in [4.69, 9.17) is 5.11 Å². The number of rotatable bonds is 7. The zero-order valence-corrected chi connectivity index (χ0v) is 11.2. The number of nitrogens with zero attached hydrogens (tertiary/aromatic N) is 1. The fraction of sp³-hybridized carbons (Fsp3) is 0.333. The van der Waals surface area contributed by atoms with Crippen molar-refractivity contribution in [3.8, 4) is 0 Å². The fourth-order valence-corrected chi connectivity index (χ4v) is 2.11. The summed E-state index contributed by atoms with van der Waals surface area (Å²) in [5.41, 5.74) is 1.12. The van der Waals surface area contributed by atoms with Crippen molar-refractivity contribution in [2.24, 2.45) is 0 Å². The maximum atomic E-state index is 11.6. The lowest BCUT2D eigenvalue weighted by atomic mass is 10.2. The van der Waals surface area contributed by atoms with Crippen molar-refractivity contribution in [1.29, 1.82) is 0 Å². The number of aliphatic carboxylic acids is 1. The first-order chi connectivity index (χ1) is 9.66. The van der Waals surface area contributed by atoms with Gasteiger partial charge in [-0.25, -0.2) is 0 Å². The number of aromatic nitrogens is 1. The van der Waals surface area contributed by atoms with Gasteiger partial charge in [0, 0.05) is 37.6 Å². The number of carbonyl (C=O) groups excluding carboxylic acids is 1. The van der Waals surface area contributed by atoms with Gasteiger partial charge in [-0.15, -0.1) is 0 Å². The first-order valence-corrected chi connectivity index (χ1v) is 6.69. The average molecular weight is 274 g/mol. The number of hydrogen-bond acceptors (Lipinski definition) is 2. The molecule has 0 bridgehead atoms. The van der Waals surface area contributed by atoms with Crippen LogP contribution in [0.2, 0.25) is 0 Å². The smallest absolute Gasteiger partial charge is 0.303 e. The molecule has 106 valence electrons. The molecule has 5 nitrogen and oxygen atoms in total.